The van der Waals surface area contributed by atoms with Crippen molar-refractivity contribution < 1.29 is 29.1 Å². The third-order valence-corrected chi connectivity index (χ3v) is 3.40. The molecule has 0 spiro atoms. The lowest BCUT2D eigenvalue weighted by atomic mass is 10.3. The second kappa shape index (κ2) is 4.08. The molecule has 0 aliphatic carbocycles. The summed E-state index contributed by atoms with van der Waals surface area (Å²) in [4.78, 5) is 42.9. The fraction of sp³-hybridized carbons (Fsp3) is 1.00. The van der Waals surface area contributed by atoms with Crippen LogP contribution in [0, 0.1) is 30.3 Å². The third-order valence-electron chi connectivity index (χ3n) is 1.84. The molecule has 0 heterocycles. The highest BCUT2D eigenvalue weighted by molar-refractivity contribution is 7.53. The highest BCUT2D eigenvalue weighted by Gasteiger charge is 2.81. The summed E-state index contributed by atoms with van der Waals surface area (Å²) in [5, 5.41) is 26.9. The van der Waals surface area contributed by atoms with Gasteiger partial charge in [0.05, 0.1) is 0 Å². The van der Waals surface area contributed by atoms with Gasteiger partial charge in [-0.3, -0.25) is 30.3 Å². The minimum atomic E-state index is -5.97. The lowest BCUT2D eigenvalue weighted by molar-refractivity contribution is -0.806. The van der Waals surface area contributed by atoms with Gasteiger partial charge in [-0.05, 0) is 0 Å². The number of hydrogen-bond donors (Lipinski definition) is 2. The largest absolute Gasteiger partial charge is 0.615 e. The normalized spacial score (nSPS) is 14.2. The number of rotatable bonds is 5. The summed E-state index contributed by atoms with van der Waals surface area (Å²) < 4.78 is 10.8. The van der Waals surface area contributed by atoms with Crippen LogP contribution in [0.1, 0.15) is 6.92 Å². The maximum Gasteiger partial charge on any atom is 0.615 e. The van der Waals surface area contributed by atoms with Crippen molar-refractivity contribution >= 4 is 7.60 Å². The van der Waals surface area contributed by atoms with Gasteiger partial charge in [-0.2, -0.15) is 0 Å². The Morgan fingerprint density at radius 2 is 1.44 bits per heavy atom. The summed E-state index contributed by atoms with van der Waals surface area (Å²) in [7, 11) is -5.97. The van der Waals surface area contributed by atoms with Crippen LogP contribution in [0.2, 0.25) is 0 Å². The fourth-order valence-corrected chi connectivity index (χ4v) is 1.98. The zero-order chi connectivity index (χ0) is 13.3. The highest BCUT2D eigenvalue weighted by atomic mass is 31.2. The van der Waals surface area contributed by atoms with Gasteiger partial charge in [0.15, 0.2) is 0 Å². The molecule has 16 heavy (non-hydrogen) atoms. The van der Waals surface area contributed by atoms with E-state index in [0.717, 1.165) is 0 Å². The summed E-state index contributed by atoms with van der Waals surface area (Å²) >= 11 is 0. The molecule has 0 rings (SSSR count). The van der Waals surface area contributed by atoms with Crippen LogP contribution in [-0.2, 0) is 4.57 Å². The zero-order valence-corrected chi connectivity index (χ0v) is 8.51. The van der Waals surface area contributed by atoms with Crippen LogP contribution in [0.25, 0.3) is 0 Å². The van der Waals surface area contributed by atoms with Crippen LogP contribution in [0.5, 0.6) is 0 Å². The molecule has 0 aliphatic heterocycles. The van der Waals surface area contributed by atoms with Crippen molar-refractivity contribution in [1.29, 1.82) is 0 Å². The van der Waals surface area contributed by atoms with Crippen molar-refractivity contribution in [2.75, 3.05) is 0 Å². The average molecular weight is 259 g/mol. The van der Waals surface area contributed by atoms with E-state index in [2.05, 4.69) is 0 Å². The Labute approximate surface area is 86.5 Å². The molecule has 2 N–H and O–H groups in total. The van der Waals surface area contributed by atoms with Crippen molar-refractivity contribution in [3.05, 3.63) is 30.3 Å². The van der Waals surface area contributed by atoms with Gasteiger partial charge < -0.3 is 9.79 Å². The lowest BCUT2D eigenvalue weighted by Gasteiger charge is -2.18. The van der Waals surface area contributed by atoms with Crippen LogP contribution < -0.4 is 0 Å². The first-order valence-electron chi connectivity index (χ1n) is 3.47. The Balaban J connectivity index is 6.06. The third kappa shape index (κ3) is 1.85. The van der Waals surface area contributed by atoms with E-state index in [0.29, 0.717) is 6.92 Å². The van der Waals surface area contributed by atoms with E-state index in [4.69, 9.17) is 9.79 Å². The standard InChI is InChI=1S/C3H6N3O9P/c1-2(4(7)8)3(5(9)10,6(11)12)16(13,14)15/h2H,1H3,(H2,13,14,15). The molecule has 0 radical (unpaired) electrons. The molecule has 0 saturated heterocycles. The maximum absolute atomic E-state index is 10.8. The van der Waals surface area contributed by atoms with Gasteiger partial charge in [0.1, 0.15) is 9.85 Å². The summed E-state index contributed by atoms with van der Waals surface area (Å²) in [5.74, 6) is 0. The van der Waals surface area contributed by atoms with Gasteiger partial charge >= 0.3 is 19.0 Å². The van der Waals surface area contributed by atoms with Gasteiger partial charge in [0.25, 0.3) is 0 Å². The molecule has 13 heteroatoms. The van der Waals surface area contributed by atoms with Crippen LogP contribution in [0.4, 0.5) is 0 Å². The molecule has 0 aromatic carbocycles. The van der Waals surface area contributed by atoms with Crippen LogP contribution in [0.3, 0.4) is 0 Å². The first-order valence-corrected chi connectivity index (χ1v) is 5.09. The summed E-state index contributed by atoms with van der Waals surface area (Å²) in [5.41, 5.74) is 0. The molecule has 12 nitrogen and oxygen atoms in total. The van der Waals surface area contributed by atoms with Crippen LogP contribution >= 0.6 is 7.60 Å². The van der Waals surface area contributed by atoms with E-state index in [9.17, 15) is 34.9 Å². The number of nitro groups is 3. The van der Waals surface area contributed by atoms with E-state index >= 15 is 0 Å². The first-order chi connectivity index (χ1) is 6.99. The Morgan fingerprint density at radius 3 is 1.50 bits per heavy atom. The van der Waals surface area contributed by atoms with Crippen LogP contribution in [-0.4, -0.2) is 36.0 Å². The highest BCUT2D eigenvalue weighted by Crippen LogP contribution is 2.53. The smallest absolute Gasteiger partial charge is 0.314 e. The Morgan fingerprint density at radius 1 is 1.12 bits per heavy atom. The number of hydrogen-bond acceptors (Lipinski definition) is 7. The Bertz CT molecular complexity index is 371. The molecule has 1 atom stereocenters. The van der Waals surface area contributed by atoms with Crippen molar-refractivity contribution in [2.24, 2.45) is 0 Å². The van der Waals surface area contributed by atoms with Crippen LogP contribution in [0.15, 0.2) is 0 Å². The van der Waals surface area contributed by atoms with Gasteiger partial charge in [-0.1, -0.05) is 0 Å². The summed E-state index contributed by atoms with van der Waals surface area (Å²) in [6.07, 6.45) is 0. The van der Waals surface area contributed by atoms with Gasteiger partial charge in [-0.15, -0.1) is 0 Å². The van der Waals surface area contributed by atoms with E-state index in [1.165, 1.54) is 0 Å². The van der Waals surface area contributed by atoms with Crippen molar-refractivity contribution in [3.63, 3.8) is 0 Å². The molecular formula is C3H6N3O9P. The Hall–Kier alpha value is -1.65. The molecular weight excluding hydrogens is 253 g/mol. The second-order valence-corrected chi connectivity index (χ2v) is 4.45. The molecule has 0 fully saturated rings. The monoisotopic (exact) mass is 259 g/mol. The molecule has 0 aromatic heterocycles. The second-order valence-electron chi connectivity index (χ2n) is 2.71. The van der Waals surface area contributed by atoms with Crippen molar-refractivity contribution in [1.82, 2.24) is 0 Å². The molecule has 0 aromatic rings. The zero-order valence-electron chi connectivity index (χ0n) is 7.62. The van der Waals surface area contributed by atoms with E-state index < -0.39 is 33.8 Å². The topological polar surface area (TPSA) is 187 Å². The maximum atomic E-state index is 10.8. The van der Waals surface area contributed by atoms with E-state index in [-0.39, 0.29) is 0 Å². The van der Waals surface area contributed by atoms with Gasteiger partial charge in [-0.25, -0.2) is 4.57 Å². The molecule has 0 bridgehead atoms. The summed E-state index contributed by atoms with van der Waals surface area (Å²) in [6, 6.07) is -2.68. The summed E-state index contributed by atoms with van der Waals surface area (Å²) in [6.45, 7) is 0.380. The molecule has 0 aliphatic rings. The van der Waals surface area contributed by atoms with E-state index in [1.54, 1.807) is 0 Å². The molecule has 92 valence electrons. The average Bonchev–Trinajstić information content (AvgIpc) is 1.99. The Kier molecular flexibility index (Phi) is 3.66. The van der Waals surface area contributed by atoms with Crippen molar-refractivity contribution in [3.8, 4) is 0 Å². The SMILES string of the molecule is CC([N+](=O)[O-])C([N+](=O)[O-])([N+](=O)[O-])P(=O)(O)O. The predicted molar refractivity (Wildman–Crippen MR) is 45.2 cm³/mol. The van der Waals surface area contributed by atoms with Gasteiger partial charge in [0, 0.05) is 11.8 Å². The quantitative estimate of drug-likeness (QED) is 0.271. The van der Waals surface area contributed by atoms with Crippen molar-refractivity contribution in [2.45, 2.75) is 18.4 Å². The minimum Gasteiger partial charge on any atom is -0.314 e. The van der Waals surface area contributed by atoms with E-state index in [1.807, 2.05) is 0 Å². The number of nitrogens with zero attached hydrogens (tertiary/aromatic N) is 3. The first kappa shape index (κ1) is 14.3. The van der Waals surface area contributed by atoms with Gasteiger partial charge in [0.2, 0.25) is 0 Å². The predicted octanol–water partition coefficient (Wildman–Crippen LogP) is -0.964. The lowest BCUT2D eigenvalue weighted by Crippen LogP contribution is -2.56. The molecule has 0 saturated carbocycles. The fourth-order valence-electron chi connectivity index (χ4n) is 0.969. The molecule has 0 amide bonds. The minimum absolute atomic E-state index is 0.380. The molecule has 1 unspecified atom stereocenters.